The lowest BCUT2D eigenvalue weighted by atomic mass is 9.84. The third kappa shape index (κ3) is 3.36. The molecule has 11 heteroatoms. The summed E-state index contributed by atoms with van der Waals surface area (Å²) in [6.07, 6.45) is -16.1. The van der Waals surface area contributed by atoms with Gasteiger partial charge in [0.2, 0.25) is 0 Å². The van der Waals surface area contributed by atoms with Gasteiger partial charge in [-0.2, -0.15) is 0 Å². The highest BCUT2D eigenvalue weighted by Gasteiger charge is 2.52. The first-order valence-corrected chi connectivity index (χ1v) is 7.14. The molecule has 11 nitrogen and oxygen atoms in total. The number of ether oxygens (including phenoxy) is 2. The molecule has 11 atom stereocenters. The second kappa shape index (κ2) is 7.21. The van der Waals surface area contributed by atoms with Crippen LogP contribution in [-0.4, -0.2) is 115 Å². The average Bonchev–Trinajstić information content (AvgIpc) is 2.54. The Morgan fingerprint density at radius 3 is 1.70 bits per heavy atom. The molecule has 0 aromatic rings. The van der Waals surface area contributed by atoms with Crippen molar-refractivity contribution in [3.05, 3.63) is 0 Å². The molecule has 1 aliphatic heterocycles. The van der Waals surface area contributed by atoms with Crippen LogP contribution in [0.25, 0.3) is 0 Å². The lowest BCUT2D eigenvalue weighted by Crippen LogP contribution is -2.68. The van der Waals surface area contributed by atoms with Crippen LogP contribution in [-0.2, 0) is 9.47 Å². The Morgan fingerprint density at radius 1 is 0.739 bits per heavy atom. The molecule has 0 amide bonds. The van der Waals surface area contributed by atoms with E-state index in [9.17, 15) is 35.7 Å². The molecule has 1 aliphatic carbocycles. The lowest BCUT2D eigenvalue weighted by Gasteiger charge is -2.46. The maximum atomic E-state index is 9.89. The van der Waals surface area contributed by atoms with Gasteiger partial charge >= 0.3 is 0 Å². The molecule has 1 saturated heterocycles. The normalized spacial score (nSPS) is 54.9. The van der Waals surface area contributed by atoms with Gasteiger partial charge in [-0.15, -0.1) is 0 Å². The summed E-state index contributed by atoms with van der Waals surface area (Å²) in [7, 11) is 0. The van der Waals surface area contributed by atoms with Crippen LogP contribution >= 0.6 is 0 Å². The van der Waals surface area contributed by atoms with Gasteiger partial charge in [0.15, 0.2) is 6.29 Å². The molecular weight excluding hydrogens is 318 g/mol. The van der Waals surface area contributed by atoms with Gasteiger partial charge in [-0.05, 0) is 0 Å². The molecule has 10 N–H and O–H groups in total. The standard InChI is InChI=1S/C12H23NO10/c13-3-5(16)4(15)2(1-14)22-12(3)23-11-9(20)7(18)6(17)8(19)10(11)21/h2-12,14-21H,1,13H2/t2-,3-,4-,5-,6?,7-,8+,9-,10-,11?,12-/m1/s1. The van der Waals surface area contributed by atoms with E-state index in [-0.39, 0.29) is 0 Å². The van der Waals surface area contributed by atoms with Crippen LogP contribution in [0.15, 0.2) is 0 Å². The minimum absolute atomic E-state index is 0.648. The number of rotatable bonds is 3. The van der Waals surface area contributed by atoms with Crippen molar-refractivity contribution in [1.29, 1.82) is 0 Å². The van der Waals surface area contributed by atoms with Gasteiger partial charge in [-0.1, -0.05) is 0 Å². The van der Waals surface area contributed by atoms with Crippen molar-refractivity contribution in [2.24, 2.45) is 5.73 Å². The Hall–Kier alpha value is -0.440. The number of nitrogens with two attached hydrogens (primary N) is 1. The van der Waals surface area contributed by atoms with E-state index in [1.165, 1.54) is 0 Å². The topological polar surface area (TPSA) is 206 Å². The van der Waals surface area contributed by atoms with E-state index in [2.05, 4.69) is 0 Å². The molecule has 0 radical (unpaired) electrons. The summed E-state index contributed by atoms with van der Waals surface area (Å²) in [4.78, 5) is 0. The molecule has 1 saturated carbocycles. The predicted octanol–water partition coefficient (Wildman–Crippen LogP) is -6.04. The number of aliphatic hydroxyl groups excluding tert-OH is 8. The van der Waals surface area contributed by atoms with Crippen molar-refractivity contribution in [3.63, 3.8) is 0 Å². The third-order valence-corrected chi connectivity index (χ3v) is 4.29. The summed E-state index contributed by atoms with van der Waals surface area (Å²) in [6, 6.07) is -1.28. The van der Waals surface area contributed by atoms with Crippen molar-refractivity contribution in [2.45, 2.75) is 67.3 Å². The zero-order chi connectivity index (χ0) is 17.5. The third-order valence-electron chi connectivity index (χ3n) is 4.29. The zero-order valence-corrected chi connectivity index (χ0v) is 12.0. The SMILES string of the molecule is N[C@H]1[C@@H](OC2[C@H](O)[C@H](O)C(O)[C@H](O)[C@H]2O)O[C@H](CO)[C@@H](O)[C@@H]1O. The molecule has 1 heterocycles. The van der Waals surface area contributed by atoms with Gasteiger partial charge in [0.05, 0.1) is 12.6 Å². The monoisotopic (exact) mass is 341 g/mol. The molecule has 2 unspecified atom stereocenters. The number of hydrogen-bond acceptors (Lipinski definition) is 11. The number of aliphatic hydroxyl groups is 8. The molecule has 0 aromatic heterocycles. The highest BCUT2D eigenvalue weighted by molar-refractivity contribution is 5.00. The van der Waals surface area contributed by atoms with Crippen molar-refractivity contribution < 1.29 is 50.3 Å². The predicted molar refractivity (Wildman–Crippen MR) is 70.6 cm³/mol. The first kappa shape index (κ1) is 18.9. The van der Waals surface area contributed by atoms with E-state index >= 15 is 0 Å². The van der Waals surface area contributed by atoms with Crippen LogP contribution in [0.3, 0.4) is 0 Å². The van der Waals surface area contributed by atoms with E-state index in [1.54, 1.807) is 0 Å². The molecule has 2 aliphatic rings. The molecular formula is C12H23NO10. The fourth-order valence-corrected chi connectivity index (χ4v) is 2.74. The lowest BCUT2D eigenvalue weighted by molar-refractivity contribution is -0.316. The van der Waals surface area contributed by atoms with Crippen LogP contribution in [0, 0.1) is 0 Å². The Labute approximate surface area is 131 Å². The van der Waals surface area contributed by atoms with E-state index in [0.717, 1.165) is 0 Å². The molecule has 2 fully saturated rings. The summed E-state index contributed by atoms with van der Waals surface area (Å²) in [5.74, 6) is 0. The van der Waals surface area contributed by atoms with Gasteiger partial charge in [-0.25, -0.2) is 0 Å². The van der Waals surface area contributed by atoms with Gasteiger partial charge in [0.25, 0.3) is 0 Å². The molecule has 2 rings (SSSR count). The van der Waals surface area contributed by atoms with Crippen LogP contribution in [0.2, 0.25) is 0 Å². The van der Waals surface area contributed by atoms with Crippen LogP contribution in [0.4, 0.5) is 0 Å². The van der Waals surface area contributed by atoms with Gasteiger partial charge < -0.3 is 56.1 Å². The quantitative estimate of drug-likeness (QED) is 0.236. The fourth-order valence-electron chi connectivity index (χ4n) is 2.74. The number of hydrogen-bond donors (Lipinski definition) is 9. The zero-order valence-electron chi connectivity index (χ0n) is 12.0. The van der Waals surface area contributed by atoms with Crippen LogP contribution in [0.5, 0.6) is 0 Å². The second-order valence-electron chi connectivity index (χ2n) is 5.84. The maximum Gasteiger partial charge on any atom is 0.176 e. The summed E-state index contributed by atoms with van der Waals surface area (Å²) in [5.41, 5.74) is 5.66. The molecule has 0 aromatic carbocycles. The Kier molecular flexibility index (Phi) is 5.92. The van der Waals surface area contributed by atoms with Crippen molar-refractivity contribution in [3.8, 4) is 0 Å². The van der Waals surface area contributed by atoms with Crippen molar-refractivity contribution in [1.82, 2.24) is 0 Å². The van der Waals surface area contributed by atoms with E-state index < -0.39 is 73.9 Å². The van der Waals surface area contributed by atoms with E-state index in [0.29, 0.717) is 0 Å². The highest BCUT2D eigenvalue weighted by atomic mass is 16.7. The Morgan fingerprint density at radius 2 is 1.22 bits per heavy atom. The Balaban J connectivity index is 2.13. The summed E-state index contributed by atoms with van der Waals surface area (Å²) < 4.78 is 10.4. The minimum Gasteiger partial charge on any atom is -0.394 e. The van der Waals surface area contributed by atoms with Crippen molar-refractivity contribution in [2.75, 3.05) is 6.61 Å². The highest BCUT2D eigenvalue weighted by Crippen LogP contribution is 2.28. The first-order chi connectivity index (χ1) is 10.7. The van der Waals surface area contributed by atoms with Gasteiger partial charge in [0.1, 0.15) is 54.9 Å². The van der Waals surface area contributed by atoms with Crippen LogP contribution in [0.1, 0.15) is 0 Å². The maximum absolute atomic E-state index is 9.89. The largest absolute Gasteiger partial charge is 0.394 e. The summed E-state index contributed by atoms with van der Waals surface area (Å²) >= 11 is 0. The molecule has 0 spiro atoms. The fraction of sp³-hybridized carbons (Fsp3) is 1.00. The molecule has 23 heavy (non-hydrogen) atoms. The summed E-state index contributed by atoms with van der Waals surface area (Å²) in [6.45, 7) is -0.648. The van der Waals surface area contributed by atoms with Crippen LogP contribution < -0.4 is 5.73 Å². The average molecular weight is 341 g/mol. The van der Waals surface area contributed by atoms with Crippen molar-refractivity contribution >= 4 is 0 Å². The van der Waals surface area contributed by atoms with E-state index in [4.69, 9.17) is 20.3 Å². The molecule has 0 bridgehead atoms. The smallest absolute Gasteiger partial charge is 0.176 e. The van der Waals surface area contributed by atoms with Gasteiger partial charge in [0, 0.05) is 0 Å². The first-order valence-electron chi connectivity index (χ1n) is 7.14. The second-order valence-corrected chi connectivity index (χ2v) is 5.84. The molecule has 136 valence electrons. The van der Waals surface area contributed by atoms with E-state index in [1.807, 2.05) is 0 Å². The van der Waals surface area contributed by atoms with Gasteiger partial charge in [-0.3, -0.25) is 0 Å². The Bertz CT molecular complexity index is 382. The summed E-state index contributed by atoms with van der Waals surface area (Å²) in [5, 5.41) is 77.1. The minimum atomic E-state index is -1.79.